The molecule has 0 saturated heterocycles. The third kappa shape index (κ3) is 2.21. The molecule has 0 aromatic carbocycles. The van der Waals surface area contributed by atoms with E-state index in [4.69, 9.17) is 9.52 Å². The van der Waals surface area contributed by atoms with Crippen LogP contribution in [0.25, 0.3) is 0 Å². The summed E-state index contributed by atoms with van der Waals surface area (Å²) >= 11 is 2.72. The Morgan fingerprint density at radius 2 is 2.47 bits per heavy atom. The second-order valence-electron chi connectivity index (χ2n) is 2.75. The molecule has 1 N–H and O–H groups in total. The number of nitrogens with zero attached hydrogens (tertiary/aromatic N) is 1. The number of aromatic carboxylic acids is 1. The van der Waals surface area contributed by atoms with Gasteiger partial charge < -0.3 is 9.52 Å². The van der Waals surface area contributed by atoms with Crippen LogP contribution in [-0.4, -0.2) is 16.1 Å². The van der Waals surface area contributed by atoms with Crippen LogP contribution in [0, 0.1) is 6.92 Å². The molecule has 0 amide bonds. The second-order valence-corrected chi connectivity index (χ2v) is 4.89. The molecule has 2 rings (SSSR count). The zero-order chi connectivity index (χ0) is 10.8. The summed E-state index contributed by atoms with van der Waals surface area (Å²) < 4.78 is 5.84. The molecule has 4 nitrogen and oxygen atoms in total. The third-order valence-corrected chi connectivity index (χ3v) is 3.79. The van der Waals surface area contributed by atoms with Crippen LogP contribution in [0.2, 0.25) is 0 Å². The highest BCUT2D eigenvalue weighted by Gasteiger charge is 2.11. The molecule has 0 aliphatic heterocycles. The number of aryl methyl sites for hydroxylation is 1. The fourth-order valence-electron chi connectivity index (χ4n) is 0.976. The Morgan fingerprint density at radius 1 is 1.67 bits per heavy atom. The first-order valence-electron chi connectivity index (χ1n) is 4.07. The zero-order valence-corrected chi connectivity index (χ0v) is 9.39. The maximum Gasteiger partial charge on any atom is 0.355 e. The lowest BCUT2D eigenvalue weighted by Gasteiger charge is -1.92. The Bertz CT molecular complexity index is 489. The van der Waals surface area contributed by atoms with E-state index >= 15 is 0 Å². The van der Waals surface area contributed by atoms with Crippen molar-refractivity contribution in [3.8, 4) is 0 Å². The number of carboxylic acids is 1. The molecular weight excluding hydrogens is 234 g/mol. The quantitative estimate of drug-likeness (QED) is 0.895. The summed E-state index contributed by atoms with van der Waals surface area (Å²) in [6.07, 6.45) is 1.60. The van der Waals surface area contributed by atoms with Gasteiger partial charge in [0.05, 0.1) is 11.2 Å². The molecule has 0 spiro atoms. The molecule has 0 atom stereocenters. The Hall–Kier alpha value is -1.27. The van der Waals surface area contributed by atoms with Crippen molar-refractivity contribution in [2.24, 2.45) is 0 Å². The van der Waals surface area contributed by atoms with Crippen molar-refractivity contribution in [2.45, 2.75) is 16.2 Å². The lowest BCUT2D eigenvalue weighted by atomic mass is 10.5. The Labute approximate surface area is 94.0 Å². The van der Waals surface area contributed by atoms with Crippen LogP contribution in [0.5, 0.6) is 0 Å². The van der Waals surface area contributed by atoms with Crippen LogP contribution in [0.1, 0.15) is 16.2 Å². The maximum absolute atomic E-state index is 10.6. The van der Waals surface area contributed by atoms with Gasteiger partial charge in [-0.25, -0.2) is 9.78 Å². The van der Waals surface area contributed by atoms with Gasteiger partial charge in [0.1, 0.15) is 5.76 Å². The molecule has 78 valence electrons. The van der Waals surface area contributed by atoms with E-state index < -0.39 is 5.97 Å². The van der Waals surface area contributed by atoms with Gasteiger partial charge in [0.2, 0.25) is 0 Å². The zero-order valence-electron chi connectivity index (χ0n) is 7.76. The van der Waals surface area contributed by atoms with Gasteiger partial charge in [-0.1, -0.05) is 11.8 Å². The number of furan rings is 1. The number of carboxylic acid groups (broad SMARTS) is 1. The first-order valence-corrected chi connectivity index (χ1v) is 5.77. The number of rotatable bonds is 3. The molecule has 0 fully saturated rings. The van der Waals surface area contributed by atoms with Gasteiger partial charge in [0.15, 0.2) is 10.0 Å². The van der Waals surface area contributed by atoms with E-state index in [1.165, 1.54) is 28.5 Å². The third-order valence-electron chi connectivity index (χ3n) is 1.71. The van der Waals surface area contributed by atoms with Crippen molar-refractivity contribution >= 4 is 29.1 Å². The molecule has 6 heteroatoms. The molecule has 0 radical (unpaired) electrons. The smallest absolute Gasteiger partial charge is 0.355 e. The summed E-state index contributed by atoms with van der Waals surface area (Å²) in [7, 11) is 0. The first kappa shape index (κ1) is 10.3. The maximum atomic E-state index is 10.6. The van der Waals surface area contributed by atoms with E-state index in [-0.39, 0.29) is 5.69 Å². The van der Waals surface area contributed by atoms with Gasteiger partial charge in [0.25, 0.3) is 0 Å². The lowest BCUT2D eigenvalue weighted by molar-refractivity contribution is 0.0691. The average molecular weight is 241 g/mol. The lowest BCUT2D eigenvalue weighted by Crippen LogP contribution is -1.95. The van der Waals surface area contributed by atoms with E-state index in [9.17, 15) is 4.79 Å². The minimum absolute atomic E-state index is 0.0867. The molecule has 2 aromatic heterocycles. The van der Waals surface area contributed by atoms with Gasteiger partial charge in [-0.05, 0) is 13.0 Å². The van der Waals surface area contributed by atoms with Gasteiger partial charge in [-0.15, -0.1) is 11.3 Å². The normalized spacial score (nSPS) is 10.5. The van der Waals surface area contributed by atoms with Crippen molar-refractivity contribution < 1.29 is 14.3 Å². The predicted octanol–water partition coefficient (Wildman–Crippen LogP) is 2.89. The molecule has 0 aliphatic carbocycles. The number of thiazole rings is 1. The van der Waals surface area contributed by atoms with Crippen LogP contribution >= 0.6 is 23.1 Å². The topological polar surface area (TPSA) is 63.3 Å². The summed E-state index contributed by atoms with van der Waals surface area (Å²) in [6.45, 7) is 1.86. The van der Waals surface area contributed by atoms with Crippen LogP contribution in [0.3, 0.4) is 0 Å². The van der Waals surface area contributed by atoms with Crippen molar-refractivity contribution in [3.63, 3.8) is 0 Å². The van der Waals surface area contributed by atoms with Gasteiger partial charge >= 0.3 is 5.97 Å². The molecule has 2 aromatic rings. The van der Waals surface area contributed by atoms with Crippen molar-refractivity contribution in [3.05, 3.63) is 29.2 Å². The van der Waals surface area contributed by atoms with E-state index in [0.717, 1.165) is 10.7 Å². The minimum atomic E-state index is -0.998. The largest absolute Gasteiger partial charge is 0.476 e. The van der Waals surface area contributed by atoms with Gasteiger partial charge in [0, 0.05) is 5.38 Å². The molecule has 2 heterocycles. The number of aromatic nitrogens is 1. The van der Waals surface area contributed by atoms with Crippen LogP contribution < -0.4 is 0 Å². The van der Waals surface area contributed by atoms with Crippen molar-refractivity contribution in [2.75, 3.05) is 0 Å². The molecule has 0 saturated carbocycles. The number of hydrogen-bond acceptors (Lipinski definition) is 5. The summed E-state index contributed by atoms with van der Waals surface area (Å²) in [4.78, 5) is 15.5. The second kappa shape index (κ2) is 4.08. The van der Waals surface area contributed by atoms with Crippen LogP contribution in [0.4, 0.5) is 0 Å². The highest BCUT2D eigenvalue weighted by molar-refractivity contribution is 8.01. The van der Waals surface area contributed by atoms with Crippen molar-refractivity contribution in [1.29, 1.82) is 0 Å². The summed E-state index contributed by atoms with van der Waals surface area (Å²) in [5.74, 6) is -0.186. The highest BCUT2D eigenvalue weighted by Crippen LogP contribution is 2.32. The van der Waals surface area contributed by atoms with Crippen LogP contribution in [-0.2, 0) is 0 Å². The molecular formula is C9H7NO3S2. The summed E-state index contributed by atoms with van der Waals surface area (Å²) in [5.41, 5.74) is 0.0867. The highest BCUT2D eigenvalue weighted by atomic mass is 32.2. The Balaban J connectivity index is 2.18. The standard InChI is InChI=1S/C9H7NO3S2/c1-5-7(2-3-13-5)15-9-10-6(4-14-9)8(11)12/h2-4H,1H3,(H,11,12). The fraction of sp³-hybridized carbons (Fsp3) is 0.111. The monoisotopic (exact) mass is 241 g/mol. The van der Waals surface area contributed by atoms with Gasteiger partial charge in [-0.2, -0.15) is 0 Å². The number of carbonyl (C=O) groups is 1. The van der Waals surface area contributed by atoms with Crippen LogP contribution in [0.15, 0.2) is 31.4 Å². The van der Waals surface area contributed by atoms with Gasteiger partial charge in [-0.3, -0.25) is 0 Å². The molecule has 0 bridgehead atoms. The van der Waals surface area contributed by atoms with E-state index in [1.807, 2.05) is 13.0 Å². The van der Waals surface area contributed by atoms with Crippen molar-refractivity contribution in [1.82, 2.24) is 4.98 Å². The average Bonchev–Trinajstić information content (AvgIpc) is 2.77. The molecule has 15 heavy (non-hydrogen) atoms. The molecule has 0 aliphatic rings. The fourth-order valence-corrected chi connectivity index (χ4v) is 2.75. The minimum Gasteiger partial charge on any atom is -0.476 e. The first-order chi connectivity index (χ1) is 7.16. The summed E-state index contributed by atoms with van der Waals surface area (Å²) in [6, 6.07) is 1.84. The number of hydrogen-bond donors (Lipinski definition) is 1. The SMILES string of the molecule is Cc1occc1Sc1nc(C(=O)O)cs1. The Kier molecular flexibility index (Phi) is 2.79. The Morgan fingerprint density at radius 3 is 3.00 bits per heavy atom. The van der Waals surface area contributed by atoms with E-state index in [2.05, 4.69) is 4.98 Å². The van der Waals surface area contributed by atoms with E-state index in [0.29, 0.717) is 4.34 Å². The predicted molar refractivity (Wildman–Crippen MR) is 56.6 cm³/mol. The molecule has 0 unspecified atom stereocenters. The van der Waals surface area contributed by atoms with E-state index in [1.54, 1.807) is 6.26 Å². The summed E-state index contributed by atoms with van der Waals surface area (Å²) in [5, 5.41) is 10.2.